The number of nitrogens with one attached hydrogen (secondary N) is 1. The van der Waals surface area contributed by atoms with Crippen LogP contribution >= 0.6 is 36.6 Å². The van der Waals surface area contributed by atoms with Gasteiger partial charge in [0.1, 0.15) is 0 Å². The minimum absolute atomic E-state index is 0. The average molecular weight is 487 g/mol. The number of halogens is 3. The number of anilines is 2. The van der Waals surface area contributed by atoms with Crippen LogP contribution in [0.2, 0.25) is 0 Å². The van der Waals surface area contributed by atoms with E-state index in [0.29, 0.717) is 30.4 Å². The van der Waals surface area contributed by atoms with Gasteiger partial charge in [0, 0.05) is 30.4 Å². The maximum absolute atomic E-state index is 6.69. The van der Waals surface area contributed by atoms with Crippen molar-refractivity contribution in [1.82, 2.24) is 19.5 Å². The van der Waals surface area contributed by atoms with Crippen molar-refractivity contribution in [2.24, 2.45) is 5.73 Å². The molecule has 7 nitrogen and oxygen atoms in total. The van der Waals surface area contributed by atoms with E-state index in [1.807, 2.05) is 36.7 Å². The number of nitrogens with two attached hydrogens (primary N) is 1. The second-order valence-corrected chi connectivity index (χ2v) is 8.15. The molecular weight excluding hydrogens is 457 g/mol. The molecule has 0 aliphatic heterocycles. The van der Waals surface area contributed by atoms with Gasteiger partial charge in [0.05, 0.1) is 12.9 Å². The first-order valence-corrected chi connectivity index (χ1v) is 10.7. The van der Waals surface area contributed by atoms with Crippen LogP contribution in [0.4, 0.5) is 11.8 Å². The highest BCUT2D eigenvalue weighted by Gasteiger charge is 2.22. The smallest absolute Gasteiger partial charge is 0.227 e. The highest BCUT2D eigenvalue weighted by molar-refractivity contribution is 6.26. The summed E-state index contributed by atoms with van der Waals surface area (Å²) in [6.07, 6.45) is 6.93. The molecule has 0 amide bonds. The molecule has 1 aliphatic rings. The molecular formula is C21H30Cl3N7. The third-order valence-corrected chi connectivity index (χ3v) is 5.69. The van der Waals surface area contributed by atoms with Gasteiger partial charge in [-0.2, -0.15) is 9.97 Å². The van der Waals surface area contributed by atoms with E-state index in [1.54, 1.807) is 4.42 Å². The number of rotatable bonds is 7. The number of imidazole rings is 1. The van der Waals surface area contributed by atoms with Gasteiger partial charge in [0.15, 0.2) is 17.0 Å². The Morgan fingerprint density at radius 3 is 2.52 bits per heavy atom. The zero-order valence-electron chi connectivity index (χ0n) is 17.6. The van der Waals surface area contributed by atoms with Gasteiger partial charge < -0.3 is 15.6 Å². The SMILES string of the molecule is CCCn1cnc2c(N(Cl)Cc3ccccc3)nc(NC3CCC(N)CC3)nc21.Cl.Cl. The van der Waals surface area contributed by atoms with Crippen LogP contribution in [-0.2, 0) is 13.1 Å². The summed E-state index contributed by atoms with van der Waals surface area (Å²) in [6.45, 7) is 3.53. The molecule has 0 bridgehead atoms. The molecule has 2 heterocycles. The molecule has 170 valence electrons. The molecule has 3 aromatic rings. The molecule has 1 saturated carbocycles. The fourth-order valence-electron chi connectivity index (χ4n) is 3.83. The van der Waals surface area contributed by atoms with Crippen molar-refractivity contribution in [2.75, 3.05) is 9.74 Å². The molecule has 4 rings (SSSR count). The summed E-state index contributed by atoms with van der Waals surface area (Å²) < 4.78 is 3.69. The normalized spacial score (nSPS) is 18.2. The standard InChI is InChI=1S/C21H28ClN7.2ClH/c1-2-12-28-14-24-18-19(28)26-21(25-17-10-8-16(23)9-11-17)27-20(18)29(22)13-15-6-4-3-5-7-15;;/h3-7,14,16-17H,2,8-13,23H2,1H3,(H,25,26,27);2*1H. The fourth-order valence-corrected chi connectivity index (χ4v) is 4.09. The van der Waals surface area contributed by atoms with E-state index in [9.17, 15) is 0 Å². The van der Waals surface area contributed by atoms with Crippen LogP contribution in [0.1, 0.15) is 44.6 Å². The summed E-state index contributed by atoms with van der Waals surface area (Å²) in [5.74, 6) is 1.23. The van der Waals surface area contributed by atoms with Crippen molar-refractivity contribution in [3.05, 3.63) is 42.2 Å². The summed E-state index contributed by atoms with van der Waals surface area (Å²) >= 11 is 6.69. The van der Waals surface area contributed by atoms with Gasteiger partial charge in [-0.05, 0) is 37.7 Å². The highest BCUT2D eigenvalue weighted by Crippen LogP contribution is 2.28. The summed E-state index contributed by atoms with van der Waals surface area (Å²) in [6, 6.07) is 10.7. The predicted octanol–water partition coefficient (Wildman–Crippen LogP) is 4.92. The second-order valence-electron chi connectivity index (χ2n) is 7.74. The number of hydrogen-bond donors (Lipinski definition) is 2. The van der Waals surface area contributed by atoms with Gasteiger partial charge >= 0.3 is 0 Å². The molecule has 10 heteroatoms. The molecule has 0 radical (unpaired) electrons. The Morgan fingerprint density at radius 1 is 1.13 bits per heavy atom. The molecule has 3 N–H and O–H groups in total. The average Bonchev–Trinajstić information content (AvgIpc) is 3.13. The summed E-state index contributed by atoms with van der Waals surface area (Å²) in [5, 5.41) is 3.51. The van der Waals surface area contributed by atoms with Gasteiger partial charge in [-0.3, -0.25) is 4.42 Å². The van der Waals surface area contributed by atoms with E-state index in [4.69, 9.17) is 27.5 Å². The number of benzene rings is 1. The zero-order chi connectivity index (χ0) is 20.2. The minimum Gasteiger partial charge on any atom is -0.351 e. The van der Waals surface area contributed by atoms with Crippen molar-refractivity contribution in [2.45, 2.75) is 64.2 Å². The van der Waals surface area contributed by atoms with E-state index in [2.05, 4.69) is 21.8 Å². The summed E-state index contributed by atoms with van der Waals surface area (Å²) in [4.78, 5) is 14.1. The lowest BCUT2D eigenvalue weighted by atomic mass is 9.92. The van der Waals surface area contributed by atoms with Crippen molar-refractivity contribution >= 4 is 59.5 Å². The van der Waals surface area contributed by atoms with E-state index in [0.717, 1.165) is 55.4 Å². The van der Waals surface area contributed by atoms with E-state index >= 15 is 0 Å². The maximum atomic E-state index is 6.69. The predicted molar refractivity (Wildman–Crippen MR) is 132 cm³/mol. The maximum Gasteiger partial charge on any atom is 0.227 e. The molecule has 1 aromatic carbocycles. The molecule has 0 unspecified atom stereocenters. The van der Waals surface area contributed by atoms with E-state index < -0.39 is 0 Å². The Morgan fingerprint density at radius 2 is 1.84 bits per heavy atom. The fraction of sp³-hybridized carbons (Fsp3) is 0.476. The van der Waals surface area contributed by atoms with Crippen LogP contribution in [-0.4, -0.2) is 31.6 Å². The Kier molecular flexibility index (Phi) is 9.62. The molecule has 0 saturated heterocycles. The van der Waals surface area contributed by atoms with Gasteiger partial charge in [-0.15, -0.1) is 24.8 Å². The monoisotopic (exact) mass is 485 g/mol. The number of nitrogens with zero attached hydrogens (tertiary/aromatic N) is 5. The molecule has 0 atom stereocenters. The number of aromatic nitrogens is 4. The quantitative estimate of drug-likeness (QED) is 0.461. The Hall–Kier alpha value is -1.80. The first kappa shape index (κ1) is 25.5. The zero-order valence-corrected chi connectivity index (χ0v) is 20.0. The van der Waals surface area contributed by atoms with Crippen LogP contribution in [0, 0.1) is 0 Å². The lowest BCUT2D eigenvalue weighted by Gasteiger charge is -2.27. The lowest BCUT2D eigenvalue weighted by molar-refractivity contribution is 0.410. The highest BCUT2D eigenvalue weighted by atomic mass is 35.5. The number of aryl methyl sites for hydroxylation is 1. The molecule has 2 aromatic heterocycles. The summed E-state index contributed by atoms with van der Waals surface area (Å²) in [7, 11) is 0. The Labute approximate surface area is 200 Å². The van der Waals surface area contributed by atoms with Gasteiger partial charge in [0.2, 0.25) is 5.95 Å². The minimum atomic E-state index is 0. The molecule has 1 fully saturated rings. The van der Waals surface area contributed by atoms with Gasteiger partial charge in [-0.1, -0.05) is 37.3 Å². The van der Waals surface area contributed by atoms with Crippen LogP contribution in [0.3, 0.4) is 0 Å². The Balaban J connectivity index is 0.00000171. The van der Waals surface area contributed by atoms with Crippen LogP contribution in [0.5, 0.6) is 0 Å². The van der Waals surface area contributed by atoms with Crippen molar-refractivity contribution in [1.29, 1.82) is 0 Å². The van der Waals surface area contributed by atoms with E-state index in [1.165, 1.54) is 0 Å². The van der Waals surface area contributed by atoms with Crippen LogP contribution in [0.15, 0.2) is 36.7 Å². The van der Waals surface area contributed by atoms with Crippen LogP contribution < -0.4 is 15.5 Å². The topological polar surface area (TPSA) is 84.9 Å². The largest absolute Gasteiger partial charge is 0.351 e. The molecule has 0 spiro atoms. The molecule has 31 heavy (non-hydrogen) atoms. The van der Waals surface area contributed by atoms with Gasteiger partial charge in [0.25, 0.3) is 0 Å². The lowest BCUT2D eigenvalue weighted by Crippen LogP contribution is -2.33. The third kappa shape index (κ3) is 6.13. The second kappa shape index (κ2) is 11.7. The third-order valence-electron chi connectivity index (χ3n) is 5.41. The molecule has 1 aliphatic carbocycles. The number of hydrogen-bond acceptors (Lipinski definition) is 6. The van der Waals surface area contributed by atoms with Crippen molar-refractivity contribution in [3.8, 4) is 0 Å². The van der Waals surface area contributed by atoms with Gasteiger partial charge in [-0.25, -0.2) is 4.98 Å². The first-order valence-electron chi connectivity index (χ1n) is 10.4. The van der Waals surface area contributed by atoms with Crippen LogP contribution in [0.25, 0.3) is 11.2 Å². The van der Waals surface area contributed by atoms with Crippen molar-refractivity contribution in [3.63, 3.8) is 0 Å². The van der Waals surface area contributed by atoms with Crippen molar-refractivity contribution < 1.29 is 0 Å². The summed E-state index contributed by atoms with van der Waals surface area (Å²) in [5.41, 5.74) is 8.69. The first-order chi connectivity index (χ1) is 14.1. The number of fused-ring (bicyclic) bond motifs is 1. The Bertz CT molecular complexity index is 943. The van der Waals surface area contributed by atoms with E-state index in [-0.39, 0.29) is 24.8 Å².